The van der Waals surface area contributed by atoms with E-state index in [1.165, 1.54) is 12.1 Å². The Balaban J connectivity index is 1.34. The van der Waals surface area contributed by atoms with Crippen LogP contribution in [0.1, 0.15) is 23.9 Å². The molecule has 0 spiro atoms. The van der Waals surface area contributed by atoms with Gasteiger partial charge in [0.2, 0.25) is 5.95 Å². The van der Waals surface area contributed by atoms with Crippen molar-refractivity contribution >= 4 is 28.4 Å². The van der Waals surface area contributed by atoms with Gasteiger partial charge in [0.25, 0.3) is 0 Å². The van der Waals surface area contributed by atoms with E-state index in [9.17, 15) is 8.42 Å². The van der Waals surface area contributed by atoms with E-state index in [-0.39, 0.29) is 16.5 Å². The lowest BCUT2D eigenvalue weighted by atomic mass is 9.97. The first kappa shape index (κ1) is 22.7. The van der Waals surface area contributed by atoms with Crippen molar-refractivity contribution in [3.8, 4) is 11.5 Å². The van der Waals surface area contributed by atoms with E-state index < -0.39 is 20.5 Å². The Hall–Kier alpha value is -3.76. The van der Waals surface area contributed by atoms with Crippen LogP contribution in [0.2, 0.25) is 0 Å². The van der Waals surface area contributed by atoms with Crippen molar-refractivity contribution < 1.29 is 17.9 Å². The summed E-state index contributed by atoms with van der Waals surface area (Å²) >= 11 is 4.57. The van der Waals surface area contributed by atoms with Crippen LogP contribution in [-0.2, 0) is 26.2 Å². The fourth-order valence-corrected chi connectivity index (χ4v) is 5.72. The Morgan fingerprint density at radius 1 is 0.944 bits per heavy atom. The van der Waals surface area contributed by atoms with Crippen molar-refractivity contribution in [2.24, 2.45) is 0 Å². The van der Waals surface area contributed by atoms with Crippen LogP contribution in [0.5, 0.6) is 11.5 Å². The van der Waals surface area contributed by atoms with Gasteiger partial charge in [0.1, 0.15) is 10.6 Å². The number of benzene rings is 3. The van der Waals surface area contributed by atoms with Crippen LogP contribution in [0.4, 0.5) is 5.95 Å². The lowest BCUT2D eigenvalue weighted by Crippen LogP contribution is -2.36. The molecule has 6 rings (SSSR count). The number of thiol groups is 1. The molecule has 36 heavy (non-hydrogen) atoms. The van der Waals surface area contributed by atoms with Gasteiger partial charge in [-0.1, -0.05) is 60.7 Å². The molecule has 8 nitrogen and oxygen atoms in total. The molecule has 182 valence electrons. The molecule has 4 aromatic rings. The quantitative estimate of drug-likeness (QED) is 0.377. The van der Waals surface area contributed by atoms with Crippen molar-refractivity contribution in [1.29, 1.82) is 0 Å². The molecule has 1 atom stereocenters. The van der Waals surface area contributed by atoms with Gasteiger partial charge in [0, 0.05) is 23.4 Å². The van der Waals surface area contributed by atoms with Crippen LogP contribution in [-0.4, -0.2) is 23.2 Å². The van der Waals surface area contributed by atoms with E-state index in [0.29, 0.717) is 17.4 Å². The van der Waals surface area contributed by atoms with Crippen LogP contribution in [0.15, 0.2) is 96.0 Å². The minimum absolute atomic E-state index is 0.0919. The van der Waals surface area contributed by atoms with E-state index in [4.69, 9.17) is 9.47 Å². The number of hydrogen-bond acceptors (Lipinski definition) is 8. The summed E-state index contributed by atoms with van der Waals surface area (Å²) in [6.45, 7) is 1.84. The molecule has 3 aromatic carbocycles. The smallest absolute Gasteiger partial charge is 0.305 e. The normalized spacial score (nSPS) is 19.5. The van der Waals surface area contributed by atoms with Crippen molar-refractivity contribution in [2.45, 2.75) is 28.2 Å². The molecule has 0 radical (unpaired) electrons. The minimum Gasteiger partial charge on any atom is -0.440 e. The lowest BCUT2D eigenvalue weighted by molar-refractivity contribution is -0.0459. The maximum absolute atomic E-state index is 13.3. The molecule has 0 saturated carbocycles. The topological polar surface area (TPSA) is 95.3 Å². The predicted molar refractivity (Wildman–Crippen MR) is 138 cm³/mol. The third kappa shape index (κ3) is 3.73. The van der Waals surface area contributed by atoms with Gasteiger partial charge in [-0.05, 0) is 25.1 Å². The Bertz CT molecular complexity index is 1540. The maximum atomic E-state index is 13.3. The van der Waals surface area contributed by atoms with Crippen molar-refractivity contribution in [3.63, 3.8) is 0 Å². The Morgan fingerprint density at radius 3 is 2.22 bits per heavy atom. The van der Waals surface area contributed by atoms with Crippen molar-refractivity contribution in [3.05, 3.63) is 108 Å². The molecule has 0 fully saturated rings. The maximum Gasteiger partial charge on any atom is 0.305 e. The number of nitrogens with one attached hydrogen (secondary N) is 1. The van der Waals surface area contributed by atoms with E-state index in [1.54, 1.807) is 23.0 Å². The van der Waals surface area contributed by atoms with Gasteiger partial charge in [-0.25, -0.2) is 13.1 Å². The average Bonchev–Trinajstić information content (AvgIpc) is 3.47. The summed E-state index contributed by atoms with van der Waals surface area (Å²) in [7, 11) is -3.79. The molecular formula is C26H22N4O4S2. The molecule has 0 aliphatic carbocycles. The first-order valence-corrected chi connectivity index (χ1v) is 13.4. The standard InChI is InChI=1S/C26H22N4O4S2/c1-25(35)14-15-27-24-28-23(29-30(24)25)17-36(31,32)20-12-13-21-22(16-20)34-26(33-21,18-8-4-2-5-9-18)19-10-6-3-7-11-19/h2-16,35H,17H2,1H3,(H,27,28,29). The zero-order valence-corrected chi connectivity index (χ0v) is 20.9. The number of rotatable bonds is 5. The second-order valence-electron chi connectivity index (χ2n) is 8.76. The Kier molecular flexibility index (Phi) is 5.13. The molecule has 0 saturated heterocycles. The molecule has 0 amide bonds. The van der Waals surface area contributed by atoms with Crippen LogP contribution in [0.3, 0.4) is 0 Å². The number of fused-ring (bicyclic) bond motifs is 2. The van der Waals surface area contributed by atoms with Crippen LogP contribution in [0, 0.1) is 0 Å². The minimum atomic E-state index is -3.79. The highest BCUT2D eigenvalue weighted by Gasteiger charge is 2.45. The zero-order valence-electron chi connectivity index (χ0n) is 19.2. The number of aromatic nitrogens is 3. The number of anilines is 1. The van der Waals surface area contributed by atoms with E-state index in [1.807, 2.05) is 67.6 Å². The van der Waals surface area contributed by atoms with Crippen LogP contribution < -0.4 is 14.8 Å². The summed E-state index contributed by atoms with van der Waals surface area (Å²) in [5, 5.41) is 7.34. The molecule has 1 N–H and O–H groups in total. The van der Waals surface area contributed by atoms with E-state index in [0.717, 1.165) is 11.1 Å². The number of sulfone groups is 1. The Labute approximate surface area is 213 Å². The van der Waals surface area contributed by atoms with Gasteiger partial charge < -0.3 is 14.8 Å². The molecular weight excluding hydrogens is 496 g/mol. The van der Waals surface area contributed by atoms with Crippen LogP contribution >= 0.6 is 12.6 Å². The predicted octanol–water partition coefficient (Wildman–Crippen LogP) is 4.47. The number of hydrogen-bond donors (Lipinski definition) is 2. The highest BCUT2D eigenvalue weighted by atomic mass is 32.2. The fourth-order valence-electron chi connectivity index (χ4n) is 4.32. The van der Waals surface area contributed by atoms with Crippen LogP contribution in [0.25, 0.3) is 0 Å². The van der Waals surface area contributed by atoms with Gasteiger partial charge in [-0.2, -0.15) is 10.1 Å². The Morgan fingerprint density at radius 2 is 1.58 bits per heavy atom. The highest BCUT2D eigenvalue weighted by Crippen LogP contribution is 2.48. The van der Waals surface area contributed by atoms with Gasteiger partial charge in [0.15, 0.2) is 27.2 Å². The number of ether oxygens (including phenoxy) is 2. The molecule has 3 heterocycles. The summed E-state index contributed by atoms with van der Waals surface area (Å²) in [4.78, 5) is 3.71. The van der Waals surface area contributed by atoms with Gasteiger partial charge in [-0.3, -0.25) is 0 Å². The molecule has 1 unspecified atom stereocenters. The average molecular weight is 519 g/mol. The SMILES string of the molecule is CC1(S)C=CNc2nc(CS(=O)(=O)c3ccc4c(c3)OC(c3ccccc3)(c3ccccc3)O4)nn21. The summed E-state index contributed by atoms with van der Waals surface area (Å²) < 4.78 is 41.0. The summed E-state index contributed by atoms with van der Waals surface area (Å²) in [6.07, 6.45) is 3.51. The van der Waals surface area contributed by atoms with Gasteiger partial charge in [0.05, 0.1) is 4.90 Å². The molecule has 0 bridgehead atoms. The number of nitrogens with zero attached hydrogens (tertiary/aromatic N) is 3. The first-order valence-electron chi connectivity index (χ1n) is 11.3. The van der Waals surface area contributed by atoms with Gasteiger partial charge in [-0.15, -0.1) is 12.6 Å². The highest BCUT2D eigenvalue weighted by molar-refractivity contribution is 7.90. The van der Waals surface area contributed by atoms with Crippen molar-refractivity contribution in [2.75, 3.05) is 5.32 Å². The second-order valence-corrected chi connectivity index (χ2v) is 11.7. The van der Waals surface area contributed by atoms with E-state index in [2.05, 4.69) is 28.0 Å². The third-order valence-electron chi connectivity index (χ3n) is 6.10. The van der Waals surface area contributed by atoms with Crippen molar-refractivity contribution in [1.82, 2.24) is 14.8 Å². The monoisotopic (exact) mass is 518 g/mol. The fraction of sp³-hybridized carbons (Fsp3) is 0.154. The molecule has 10 heteroatoms. The molecule has 2 aliphatic rings. The zero-order chi connectivity index (χ0) is 25.0. The second kappa shape index (κ2) is 8.14. The summed E-state index contributed by atoms with van der Waals surface area (Å²) in [5.41, 5.74) is 1.58. The molecule has 2 aliphatic heterocycles. The third-order valence-corrected chi connectivity index (χ3v) is 8.05. The largest absolute Gasteiger partial charge is 0.440 e. The van der Waals surface area contributed by atoms with E-state index >= 15 is 0 Å². The first-order chi connectivity index (χ1) is 17.3. The summed E-state index contributed by atoms with van der Waals surface area (Å²) in [6, 6.07) is 23.8. The summed E-state index contributed by atoms with van der Waals surface area (Å²) in [5.74, 6) is -0.204. The van der Waals surface area contributed by atoms with Gasteiger partial charge >= 0.3 is 5.79 Å². The molecule has 1 aromatic heterocycles. The lowest BCUT2D eigenvalue weighted by Gasteiger charge is -2.28.